The summed E-state index contributed by atoms with van der Waals surface area (Å²) >= 11 is 0. The van der Waals surface area contributed by atoms with Crippen molar-refractivity contribution in [3.63, 3.8) is 0 Å². The van der Waals surface area contributed by atoms with Gasteiger partial charge in [0.25, 0.3) is 0 Å². The molecule has 0 fully saturated rings. The molecule has 3 nitrogen and oxygen atoms in total. The van der Waals surface area contributed by atoms with Crippen molar-refractivity contribution in [3.8, 4) is 5.75 Å². The highest BCUT2D eigenvalue weighted by molar-refractivity contribution is 7.84. The van der Waals surface area contributed by atoms with E-state index < -0.39 is 10.8 Å². The third kappa shape index (κ3) is 5.65. The zero-order valence-corrected chi connectivity index (χ0v) is 12.3. The molecule has 1 rings (SSSR count). The van der Waals surface area contributed by atoms with Crippen molar-refractivity contribution in [1.82, 2.24) is 5.32 Å². The highest BCUT2D eigenvalue weighted by Gasteiger charge is 2.04. The van der Waals surface area contributed by atoms with E-state index in [-0.39, 0.29) is 6.10 Å². The van der Waals surface area contributed by atoms with Crippen LogP contribution in [0.25, 0.3) is 0 Å². The van der Waals surface area contributed by atoms with Gasteiger partial charge in [-0.05, 0) is 19.9 Å². The Hall–Kier alpha value is -0.870. The summed E-state index contributed by atoms with van der Waals surface area (Å²) in [4.78, 5) is 0. The summed E-state index contributed by atoms with van der Waals surface area (Å²) in [5, 5.41) is 3.31. The minimum Gasteiger partial charge on any atom is -0.491 e. The molecule has 18 heavy (non-hydrogen) atoms. The van der Waals surface area contributed by atoms with E-state index in [9.17, 15) is 4.21 Å². The highest BCUT2D eigenvalue weighted by Crippen LogP contribution is 2.18. The molecule has 0 aromatic heterocycles. The Morgan fingerprint density at radius 3 is 2.72 bits per heavy atom. The van der Waals surface area contributed by atoms with E-state index in [0.29, 0.717) is 5.75 Å². The Morgan fingerprint density at radius 1 is 1.33 bits per heavy atom. The Labute approximate surface area is 112 Å². The van der Waals surface area contributed by atoms with Gasteiger partial charge >= 0.3 is 0 Å². The van der Waals surface area contributed by atoms with Gasteiger partial charge in [-0.3, -0.25) is 4.21 Å². The summed E-state index contributed by atoms with van der Waals surface area (Å²) in [6.07, 6.45) is 0.179. The van der Waals surface area contributed by atoms with Crippen LogP contribution in [0.2, 0.25) is 0 Å². The van der Waals surface area contributed by atoms with E-state index in [4.69, 9.17) is 4.74 Å². The van der Waals surface area contributed by atoms with E-state index in [2.05, 4.69) is 11.4 Å². The van der Waals surface area contributed by atoms with Gasteiger partial charge in [-0.2, -0.15) is 0 Å². The Balaban J connectivity index is 2.43. The van der Waals surface area contributed by atoms with Crippen LogP contribution in [0.4, 0.5) is 0 Å². The molecule has 0 heterocycles. The van der Waals surface area contributed by atoms with Crippen LogP contribution in [0.1, 0.15) is 26.3 Å². The molecule has 0 amide bonds. The average molecular weight is 269 g/mol. The second-order valence-electron chi connectivity index (χ2n) is 4.38. The van der Waals surface area contributed by atoms with Crippen molar-refractivity contribution in [2.45, 2.75) is 33.4 Å². The second kappa shape index (κ2) is 8.27. The van der Waals surface area contributed by atoms with Crippen LogP contribution in [-0.2, 0) is 17.3 Å². The van der Waals surface area contributed by atoms with Gasteiger partial charge in [0, 0.05) is 41.0 Å². The molecule has 102 valence electrons. The SMILES string of the molecule is CCS(=O)CCNCc1ccccc1OC(C)C. The maximum atomic E-state index is 11.3. The third-order valence-corrected chi connectivity index (χ3v) is 3.78. The lowest BCUT2D eigenvalue weighted by atomic mass is 10.2. The van der Waals surface area contributed by atoms with E-state index in [1.54, 1.807) is 0 Å². The van der Waals surface area contributed by atoms with E-state index >= 15 is 0 Å². The standard InChI is InChI=1S/C14H23NO2S/c1-4-18(16)10-9-15-11-13-7-5-6-8-14(13)17-12(2)3/h5-8,12,15H,4,9-11H2,1-3H3. The average Bonchev–Trinajstić information content (AvgIpc) is 2.35. The van der Waals surface area contributed by atoms with Crippen molar-refractivity contribution in [1.29, 1.82) is 0 Å². The van der Waals surface area contributed by atoms with Gasteiger partial charge in [0.1, 0.15) is 5.75 Å². The van der Waals surface area contributed by atoms with E-state index in [1.807, 2.05) is 39.0 Å². The predicted molar refractivity (Wildman–Crippen MR) is 77.5 cm³/mol. The summed E-state index contributed by atoms with van der Waals surface area (Å²) < 4.78 is 17.0. The molecule has 0 aliphatic carbocycles. The molecule has 0 aliphatic rings. The lowest BCUT2D eigenvalue weighted by Crippen LogP contribution is -2.21. The molecule has 0 bridgehead atoms. The fraction of sp³-hybridized carbons (Fsp3) is 0.571. The van der Waals surface area contributed by atoms with Gasteiger partial charge in [-0.25, -0.2) is 0 Å². The van der Waals surface area contributed by atoms with E-state index in [0.717, 1.165) is 30.2 Å². The Morgan fingerprint density at radius 2 is 2.06 bits per heavy atom. The van der Waals surface area contributed by atoms with Crippen LogP contribution in [0.15, 0.2) is 24.3 Å². The predicted octanol–water partition coefficient (Wildman–Crippen LogP) is 2.33. The van der Waals surface area contributed by atoms with E-state index in [1.165, 1.54) is 0 Å². The fourth-order valence-electron chi connectivity index (χ4n) is 1.57. The van der Waals surface area contributed by atoms with Gasteiger partial charge < -0.3 is 10.1 Å². The number of nitrogens with one attached hydrogen (secondary N) is 1. The maximum absolute atomic E-state index is 11.3. The van der Waals surface area contributed by atoms with Crippen molar-refractivity contribution in [2.75, 3.05) is 18.1 Å². The number of rotatable bonds is 8. The summed E-state index contributed by atoms with van der Waals surface area (Å²) in [7, 11) is -0.693. The zero-order valence-electron chi connectivity index (χ0n) is 11.4. The molecule has 0 aliphatic heterocycles. The molecule has 0 saturated heterocycles. The number of hydrogen-bond acceptors (Lipinski definition) is 3. The molecular formula is C14H23NO2S. The van der Waals surface area contributed by atoms with Crippen LogP contribution in [0.3, 0.4) is 0 Å². The first-order valence-corrected chi connectivity index (χ1v) is 7.92. The molecular weight excluding hydrogens is 246 g/mol. The number of ether oxygens (including phenoxy) is 1. The zero-order chi connectivity index (χ0) is 13.4. The molecule has 1 unspecified atom stereocenters. The monoisotopic (exact) mass is 269 g/mol. The van der Waals surface area contributed by atoms with Gasteiger partial charge in [0.2, 0.25) is 0 Å². The minimum absolute atomic E-state index is 0.179. The number of para-hydroxylation sites is 1. The molecule has 0 spiro atoms. The van der Waals surface area contributed by atoms with Crippen LogP contribution in [0.5, 0.6) is 5.75 Å². The summed E-state index contributed by atoms with van der Waals surface area (Å²) in [6, 6.07) is 8.03. The molecule has 1 aromatic carbocycles. The van der Waals surface area contributed by atoms with Crippen molar-refractivity contribution in [3.05, 3.63) is 29.8 Å². The van der Waals surface area contributed by atoms with Crippen LogP contribution in [-0.4, -0.2) is 28.4 Å². The lowest BCUT2D eigenvalue weighted by molar-refractivity contribution is 0.239. The summed E-state index contributed by atoms with van der Waals surface area (Å²) in [5.74, 6) is 2.37. The first-order chi connectivity index (χ1) is 8.63. The van der Waals surface area contributed by atoms with Gasteiger partial charge in [-0.1, -0.05) is 25.1 Å². The molecule has 4 heteroatoms. The van der Waals surface area contributed by atoms with Gasteiger partial charge in [-0.15, -0.1) is 0 Å². The fourth-order valence-corrected chi connectivity index (χ4v) is 2.23. The Kier molecular flexibility index (Phi) is 6.98. The minimum atomic E-state index is -0.693. The first kappa shape index (κ1) is 15.2. The number of benzene rings is 1. The highest BCUT2D eigenvalue weighted by atomic mass is 32.2. The molecule has 1 N–H and O–H groups in total. The molecule has 1 atom stereocenters. The third-order valence-electron chi connectivity index (χ3n) is 2.48. The second-order valence-corrected chi connectivity index (χ2v) is 6.25. The van der Waals surface area contributed by atoms with Crippen LogP contribution < -0.4 is 10.1 Å². The number of hydrogen-bond donors (Lipinski definition) is 1. The normalized spacial score (nSPS) is 12.7. The van der Waals surface area contributed by atoms with Gasteiger partial charge in [0.15, 0.2) is 0 Å². The summed E-state index contributed by atoms with van der Waals surface area (Å²) in [5.41, 5.74) is 1.15. The van der Waals surface area contributed by atoms with Gasteiger partial charge in [0.05, 0.1) is 6.10 Å². The largest absolute Gasteiger partial charge is 0.491 e. The maximum Gasteiger partial charge on any atom is 0.124 e. The van der Waals surface area contributed by atoms with Crippen LogP contribution in [0, 0.1) is 0 Å². The smallest absolute Gasteiger partial charge is 0.124 e. The summed E-state index contributed by atoms with van der Waals surface area (Å²) in [6.45, 7) is 7.52. The molecule has 1 aromatic rings. The van der Waals surface area contributed by atoms with Crippen molar-refractivity contribution >= 4 is 10.8 Å². The van der Waals surface area contributed by atoms with Crippen molar-refractivity contribution in [2.24, 2.45) is 0 Å². The first-order valence-electron chi connectivity index (χ1n) is 6.43. The molecule has 0 radical (unpaired) electrons. The lowest BCUT2D eigenvalue weighted by Gasteiger charge is -2.14. The van der Waals surface area contributed by atoms with Crippen LogP contribution >= 0.6 is 0 Å². The molecule has 0 saturated carbocycles. The van der Waals surface area contributed by atoms with Crippen molar-refractivity contribution < 1.29 is 8.95 Å². The Bertz CT molecular complexity index is 380. The quantitative estimate of drug-likeness (QED) is 0.736. The topological polar surface area (TPSA) is 38.3 Å².